The lowest BCUT2D eigenvalue weighted by Crippen LogP contribution is -2.64. The van der Waals surface area contributed by atoms with Crippen LogP contribution in [0.5, 0.6) is 0 Å². The zero-order valence-corrected chi connectivity index (χ0v) is 11.0. The van der Waals surface area contributed by atoms with Gasteiger partial charge in [-0.15, -0.1) is 0 Å². The molecule has 0 spiro atoms. The molecule has 0 aliphatic carbocycles. The second-order valence-electron chi connectivity index (χ2n) is 5.12. The molecule has 1 atom stereocenters. The summed E-state index contributed by atoms with van der Waals surface area (Å²) in [5, 5.41) is 0. The van der Waals surface area contributed by atoms with Crippen molar-refractivity contribution in [3.05, 3.63) is 71.8 Å². The van der Waals surface area contributed by atoms with E-state index in [1.807, 2.05) is 36.4 Å². The summed E-state index contributed by atoms with van der Waals surface area (Å²) < 4.78 is 0. The van der Waals surface area contributed by atoms with Gasteiger partial charge in [0.05, 0.1) is 11.5 Å². The van der Waals surface area contributed by atoms with E-state index in [0.717, 1.165) is 12.8 Å². The maximum atomic E-state index is 11.5. The number of hydrogen-bond acceptors (Lipinski definition) is 2. The van der Waals surface area contributed by atoms with Crippen molar-refractivity contribution >= 4 is 6.29 Å². The predicted octanol–water partition coefficient (Wildman–Crippen LogP) is 2.69. The van der Waals surface area contributed by atoms with Gasteiger partial charge in [-0.3, -0.25) is 4.90 Å². The Bertz CT molecular complexity index is 525. The summed E-state index contributed by atoms with van der Waals surface area (Å²) in [5.41, 5.74) is 2.07. The highest BCUT2D eigenvalue weighted by Gasteiger charge is 2.53. The predicted molar refractivity (Wildman–Crippen MR) is 75.8 cm³/mol. The summed E-state index contributed by atoms with van der Waals surface area (Å²) >= 11 is 0. The van der Waals surface area contributed by atoms with Crippen LogP contribution < -0.4 is 0 Å². The first-order valence-electron chi connectivity index (χ1n) is 6.57. The van der Waals surface area contributed by atoms with Crippen LogP contribution in [0, 0.1) is 5.92 Å². The van der Waals surface area contributed by atoms with E-state index in [2.05, 4.69) is 36.2 Å². The lowest BCUT2D eigenvalue weighted by molar-refractivity contribution is -0.125. The molecule has 0 aromatic heterocycles. The summed E-state index contributed by atoms with van der Waals surface area (Å²) in [7, 11) is 2.08. The van der Waals surface area contributed by atoms with Crippen LogP contribution in [-0.4, -0.2) is 24.8 Å². The molecule has 2 nitrogen and oxygen atoms in total. The van der Waals surface area contributed by atoms with Crippen molar-refractivity contribution in [2.45, 2.75) is 5.54 Å². The minimum atomic E-state index is -0.301. The lowest BCUT2D eigenvalue weighted by atomic mass is 9.66. The molecule has 1 heterocycles. The number of rotatable bonds is 3. The van der Waals surface area contributed by atoms with Gasteiger partial charge in [0.1, 0.15) is 6.29 Å². The smallest absolute Gasteiger partial charge is 0.126 e. The van der Waals surface area contributed by atoms with Crippen LogP contribution in [0.4, 0.5) is 0 Å². The molecule has 19 heavy (non-hydrogen) atoms. The molecule has 2 aromatic rings. The zero-order valence-electron chi connectivity index (χ0n) is 11.0. The van der Waals surface area contributed by atoms with Crippen molar-refractivity contribution in [1.82, 2.24) is 4.90 Å². The Morgan fingerprint density at radius 1 is 1.00 bits per heavy atom. The van der Waals surface area contributed by atoms with E-state index in [1.54, 1.807) is 0 Å². The average Bonchev–Trinajstić information content (AvgIpc) is 2.47. The van der Waals surface area contributed by atoms with E-state index >= 15 is 0 Å². The Kier molecular flexibility index (Phi) is 2.96. The molecule has 0 bridgehead atoms. The van der Waals surface area contributed by atoms with Gasteiger partial charge < -0.3 is 4.79 Å². The standard InChI is InChI=1S/C17H17NO/c1-18-12-16(13-19)17(18,14-8-4-2-5-9-14)15-10-6-3-7-11-15/h2-11,13,16H,12H2,1H3. The van der Waals surface area contributed by atoms with Crippen LogP contribution >= 0.6 is 0 Å². The van der Waals surface area contributed by atoms with E-state index in [4.69, 9.17) is 0 Å². The lowest BCUT2D eigenvalue weighted by Gasteiger charge is -2.56. The Morgan fingerprint density at radius 2 is 1.47 bits per heavy atom. The largest absolute Gasteiger partial charge is 0.303 e. The second kappa shape index (κ2) is 4.63. The van der Waals surface area contributed by atoms with Crippen molar-refractivity contribution in [3.63, 3.8) is 0 Å². The highest BCUT2D eigenvalue weighted by Crippen LogP contribution is 2.48. The van der Waals surface area contributed by atoms with Gasteiger partial charge >= 0.3 is 0 Å². The fraction of sp³-hybridized carbons (Fsp3) is 0.235. The van der Waals surface area contributed by atoms with Gasteiger partial charge in [0, 0.05) is 6.54 Å². The fourth-order valence-electron chi connectivity index (χ4n) is 3.30. The Balaban J connectivity index is 2.20. The van der Waals surface area contributed by atoms with Crippen molar-refractivity contribution in [1.29, 1.82) is 0 Å². The summed E-state index contributed by atoms with van der Waals surface area (Å²) in [6.45, 7) is 0.813. The molecule has 3 rings (SSSR count). The average molecular weight is 251 g/mol. The van der Waals surface area contributed by atoms with Crippen molar-refractivity contribution < 1.29 is 4.79 Å². The van der Waals surface area contributed by atoms with Crippen LogP contribution in [0.2, 0.25) is 0 Å². The first kappa shape index (κ1) is 12.1. The first-order chi connectivity index (χ1) is 9.30. The minimum Gasteiger partial charge on any atom is -0.303 e. The number of benzene rings is 2. The van der Waals surface area contributed by atoms with E-state index < -0.39 is 0 Å². The van der Waals surface area contributed by atoms with Gasteiger partial charge in [-0.2, -0.15) is 0 Å². The normalized spacial score (nSPS) is 21.6. The third-order valence-electron chi connectivity index (χ3n) is 4.20. The maximum absolute atomic E-state index is 11.5. The maximum Gasteiger partial charge on any atom is 0.126 e. The molecule has 0 N–H and O–H groups in total. The Morgan fingerprint density at radius 3 is 1.84 bits per heavy atom. The molecular weight excluding hydrogens is 234 g/mol. The highest BCUT2D eigenvalue weighted by molar-refractivity contribution is 5.64. The third-order valence-corrected chi connectivity index (χ3v) is 4.20. The SMILES string of the molecule is CN1CC(C=O)C1(c1ccccc1)c1ccccc1. The molecule has 1 unspecified atom stereocenters. The molecule has 96 valence electrons. The topological polar surface area (TPSA) is 20.3 Å². The first-order valence-corrected chi connectivity index (χ1v) is 6.57. The molecule has 1 saturated heterocycles. The van der Waals surface area contributed by atoms with Crippen molar-refractivity contribution in [2.75, 3.05) is 13.6 Å². The van der Waals surface area contributed by atoms with Gasteiger partial charge in [-0.1, -0.05) is 60.7 Å². The molecule has 0 radical (unpaired) electrons. The molecule has 1 aliphatic heterocycles. The third kappa shape index (κ3) is 1.64. The summed E-state index contributed by atoms with van der Waals surface area (Å²) in [6, 6.07) is 20.6. The number of carbonyl (C=O) groups is 1. The molecule has 0 amide bonds. The van der Waals surface area contributed by atoms with Crippen molar-refractivity contribution in [3.8, 4) is 0 Å². The Labute approximate surface area is 113 Å². The molecule has 1 fully saturated rings. The monoisotopic (exact) mass is 251 g/mol. The van der Waals surface area contributed by atoms with Gasteiger partial charge in [-0.25, -0.2) is 0 Å². The molecule has 0 saturated carbocycles. The number of likely N-dealkylation sites (tertiary alicyclic amines) is 1. The summed E-state index contributed by atoms with van der Waals surface area (Å²) in [4.78, 5) is 13.7. The van der Waals surface area contributed by atoms with Crippen LogP contribution in [0.1, 0.15) is 11.1 Å². The quantitative estimate of drug-likeness (QED) is 0.782. The van der Waals surface area contributed by atoms with E-state index in [9.17, 15) is 4.79 Å². The van der Waals surface area contributed by atoms with Crippen molar-refractivity contribution in [2.24, 2.45) is 5.92 Å². The molecular formula is C17H17NO. The van der Waals surface area contributed by atoms with E-state index in [1.165, 1.54) is 11.1 Å². The number of aldehydes is 1. The van der Waals surface area contributed by atoms with Crippen LogP contribution in [-0.2, 0) is 10.3 Å². The molecule has 2 aromatic carbocycles. The van der Waals surface area contributed by atoms with Gasteiger partial charge in [0.15, 0.2) is 0 Å². The second-order valence-corrected chi connectivity index (χ2v) is 5.12. The van der Waals surface area contributed by atoms with Crippen LogP contribution in [0.3, 0.4) is 0 Å². The van der Waals surface area contributed by atoms with Crippen LogP contribution in [0.15, 0.2) is 60.7 Å². The van der Waals surface area contributed by atoms with E-state index in [-0.39, 0.29) is 11.5 Å². The summed E-state index contributed by atoms with van der Waals surface area (Å²) in [5.74, 6) is 0.0160. The van der Waals surface area contributed by atoms with Gasteiger partial charge in [0.2, 0.25) is 0 Å². The number of hydrogen-bond donors (Lipinski definition) is 0. The number of carbonyl (C=O) groups excluding carboxylic acids is 1. The number of nitrogens with zero attached hydrogens (tertiary/aromatic N) is 1. The minimum absolute atomic E-state index is 0.0160. The van der Waals surface area contributed by atoms with Gasteiger partial charge in [-0.05, 0) is 18.2 Å². The fourth-order valence-corrected chi connectivity index (χ4v) is 3.30. The molecule has 2 heteroatoms. The highest BCUT2D eigenvalue weighted by atomic mass is 16.1. The van der Waals surface area contributed by atoms with Crippen LogP contribution in [0.25, 0.3) is 0 Å². The summed E-state index contributed by atoms with van der Waals surface area (Å²) in [6.07, 6.45) is 1.10. The Hall–Kier alpha value is -1.93. The zero-order chi connectivity index (χ0) is 13.3. The van der Waals surface area contributed by atoms with E-state index in [0.29, 0.717) is 0 Å². The van der Waals surface area contributed by atoms with Gasteiger partial charge in [0.25, 0.3) is 0 Å². The molecule has 1 aliphatic rings.